The third-order valence-electron chi connectivity index (χ3n) is 4.65. The third-order valence-corrected chi connectivity index (χ3v) is 7.60. The molecule has 0 saturated carbocycles. The minimum absolute atomic E-state index is 0.0900. The second kappa shape index (κ2) is 10.8. The topological polar surface area (TPSA) is 103 Å². The van der Waals surface area contributed by atoms with Crippen LogP contribution in [0.25, 0.3) is 0 Å². The van der Waals surface area contributed by atoms with Gasteiger partial charge < -0.3 is 15.5 Å². The molecule has 158 valence electrons. The quantitative estimate of drug-likeness (QED) is 0.327. The number of piperidine rings is 1. The Balaban J connectivity index is 1.84. The van der Waals surface area contributed by atoms with Gasteiger partial charge in [0.25, 0.3) is 0 Å². The molecule has 2 heterocycles. The van der Waals surface area contributed by atoms with E-state index in [1.165, 1.54) is 11.3 Å². The fraction of sp³-hybridized carbons (Fsp3) is 0.667. The average molecular weight is 430 g/mol. The van der Waals surface area contributed by atoms with Gasteiger partial charge in [-0.1, -0.05) is 0 Å². The molecule has 1 amide bonds. The predicted octanol–water partition coefficient (Wildman–Crippen LogP) is 1.15. The SMILES string of the molecule is CCNC(=NCCNS(=O)(=O)c1ccc(C)s1)N1CCC(CC(=O)NC)CC1. The largest absolute Gasteiger partial charge is 0.359 e. The molecule has 0 spiro atoms. The van der Waals surface area contributed by atoms with Gasteiger partial charge in [-0.25, -0.2) is 13.1 Å². The highest BCUT2D eigenvalue weighted by molar-refractivity contribution is 7.91. The lowest BCUT2D eigenvalue weighted by Crippen LogP contribution is -2.46. The van der Waals surface area contributed by atoms with Crippen LogP contribution >= 0.6 is 11.3 Å². The highest BCUT2D eigenvalue weighted by Crippen LogP contribution is 2.21. The monoisotopic (exact) mass is 429 g/mol. The van der Waals surface area contributed by atoms with Crippen molar-refractivity contribution in [3.63, 3.8) is 0 Å². The first kappa shape index (κ1) is 22.6. The first-order chi connectivity index (χ1) is 13.4. The van der Waals surface area contributed by atoms with Gasteiger partial charge in [0.2, 0.25) is 15.9 Å². The summed E-state index contributed by atoms with van der Waals surface area (Å²) in [6.45, 7) is 6.94. The number of rotatable bonds is 8. The highest BCUT2D eigenvalue weighted by Gasteiger charge is 2.23. The Kier molecular flexibility index (Phi) is 8.71. The maximum absolute atomic E-state index is 12.3. The van der Waals surface area contributed by atoms with Crippen LogP contribution in [0.2, 0.25) is 0 Å². The van der Waals surface area contributed by atoms with Crippen molar-refractivity contribution in [3.05, 3.63) is 17.0 Å². The third kappa shape index (κ3) is 6.75. The molecule has 2 rings (SSSR count). The zero-order chi connectivity index (χ0) is 20.6. The summed E-state index contributed by atoms with van der Waals surface area (Å²) < 4.78 is 27.5. The van der Waals surface area contributed by atoms with Crippen LogP contribution in [0.15, 0.2) is 21.3 Å². The molecule has 0 radical (unpaired) electrons. The van der Waals surface area contributed by atoms with E-state index in [9.17, 15) is 13.2 Å². The number of hydrogen-bond donors (Lipinski definition) is 3. The molecular weight excluding hydrogens is 398 g/mol. The normalized spacial score (nSPS) is 16.2. The number of guanidine groups is 1. The Morgan fingerprint density at radius 1 is 1.32 bits per heavy atom. The predicted molar refractivity (Wildman–Crippen MR) is 113 cm³/mol. The van der Waals surface area contributed by atoms with Crippen LogP contribution in [-0.4, -0.2) is 65.0 Å². The molecule has 1 saturated heterocycles. The molecule has 1 fully saturated rings. The Morgan fingerprint density at radius 3 is 2.61 bits per heavy atom. The molecule has 0 aromatic carbocycles. The van der Waals surface area contributed by atoms with E-state index in [-0.39, 0.29) is 12.5 Å². The summed E-state index contributed by atoms with van der Waals surface area (Å²) in [5.74, 6) is 1.29. The lowest BCUT2D eigenvalue weighted by atomic mass is 9.93. The number of aliphatic imine (C=N–C) groups is 1. The van der Waals surface area contributed by atoms with Crippen LogP contribution in [0.1, 0.15) is 31.1 Å². The van der Waals surface area contributed by atoms with Crippen molar-refractivity contribution >= 4 is 33.2 Å². The van der Waals surface area contributed by atoms with E-state index in [0.717, 1.165) is 43.3 Å². The number of thiophene rings is 1. The molecule has 28 heavy (non-hydrogen) atoms. The second-order valence-corrected chi connectivity index (χ2v) is 10.1. The molecule has 8 nitrogen and oxygen atoms in total. The van der Waals surface area contributed by atoms with Gasteiger partial charge in [0.15, 0.2) is 5.96 Å². The Bertz CT molecular complexity index is 768. The number of nitrogens with one attached hydrogen (secondary N) is 3. The van der Waals surface area contributed by atoms with E-state index in [0.29, 0.717) is 23.1 Å². The van der Waals surface area contributed by atoms with E-state index in [2.05, 4.69) is 25.2 Å². The summed E-state index contributed by atoms with van der Waals surface area (Å²) in [7, 11) is -1.80. The first-order valence-corrected chi connectivity index (χ1v) is 12.0. The summed E-state index contributed by atoms with van der Waals surface area (Å²) in [4.78, 5) is 19.3. The van der Waals surface area contributed by atoms with E-state index < -0.39 is 10.0 Å². The fourth-order valence-corrected chi connectivity index (χ4v) is 5.46. The van der Waals surface area contributed by atoms with Gasteiger partial charge in [-0.15, -0.1) is 11.3 Å². The minimum Gasteiger partial charge on any atom is -0.359 e. The zero-order valence-corrected chi connectivity index (χ0v) is 18.5. The summed E-state index contributed by atoms with van der Waals surface area (Å²) in [6, 6.07) is 3.42. The standard InChI is InChI=1S/C18H31N5O3S2/c1-4-20-18(23-11-7-15(8-12-23)13-16(24)19-3)21-9-10-22-28(25,26)17-6-5-14(2)27-17/h5-6,15,22H,4,7-13H2,1-3H3,(H,19,24)(H,20,21). The summed E-state index contributed by atoms with van der Waals surface area (Å²) in [5, 5.41) is 5.96. The van der Waals surface area contributed by atoms with Gasteiger partial charge in [-0.3, -0.25) is 9.79 Å². The number of likely N-dealkylation sites (tertiary alicyclic amines) is 1. The minimum atomic E-state index is -3.47. The van der Waals surface area contributed by atoms with Crippen molar-refractivity contribution in [2.45, 2.75) is 37.3 Å². The molecule has 0 unspecified atom stereocenters. The van der Waals surface area contributed by atoms with E-state index in [1.807, 2.05) is 13.8 Å². The lowest BCUT2D eigenvalue weighted by molar-refractivity contribution is -0.121. The summed E-state index contributed by atoms with van der Waals surface area (Å²) >= 11 is 1.26. The van der Waals surface area contributed by atoms with Crippen LogP contribution < -0.4 is 15.4 Å². The number of hydrogen-bond acceptors (Lipinski definition) is 5. The van der Waals surface area contributed by atoms with Crippen LogP contribution in [0.5, 0.6) is 0 Å². The maximum Gasteiger partial charge on any atom is 0.250 e. The number of aryl methyl sites for hydroxylation is 1. The van der Waals surface area contributed by atoms with Crippen LogP contribution in [0.4, 0.5) is 0 Å². The van der Waals surface area contributed by atoms with Gasteiger partial charge in [0.05, 0.1) is 6.54 Å². The molecule has 0 atom stereocenters. The number of amides is 1. The number of carbonyl (C=O) groups excluding carboxylic acids is 1. The molecule has 1 aromatic rings. The van der Waals surface area contributed by atoms with Crippen molar-refractivity contribution in [2.75, 3.05) is 39.8 Å². The molecule has 3 N–H and O–H groups in total. The number of nitrogens with zero attached hydrogens (tertiary/aromatic N) is 2. The number of sulfonamides is 1. The van der Waals surface area contributed by atoms with Crippen molar-refractivity contribution < 1.29 is 13.2 Å². The molecule has 0 aliphatic carbocycles. The molecule has 10 heteroatoms. The van der Waals surface area contributed by atoms with Gasteiger partial charge in [-0.2, -0.15) is 0 Å². The van der Waals surface area contributed by atoms with Gasteiger partial charge in [-0.05, 0) is 44.7 Å². The van der Waals surface area contributed by atoms with E-state index in [4.69, 9.17) is 0 Å². The molecular formula is C18H31N5O3S2. The summed E-state index contributed by atoms with van der Waals surface area (Å²) in [5.41, 5.74) is 0. The fourth-order valence-electron chi connectivity index (χ4n) is 3.11. The average Bonchev–Trinajstić information content (AvgIpc) is 3.12. The van der Waals surface area contributed by atoms with Crippen molar-refractivity contribution in [1.82, 2.24) is 20.3 Å². The van der Waals surface area contributed by atoms with Crippen molar-refractivity contribution in [2.24, 2.45) is 10.9 Å². The Hall–Kier alpha value is -1.65. The van der Waals surface area contributed by atoms with E-state index in [1.54, 1.807) is 19.2 Å². The number of carbonyl (C=O) groups is 1. The van der Waals surface area contributed by atoms with E-state index >= 15 is 0 Å². The van der Waals surface area contributed by atoms with Gasteiger partial charge in [0, 0.05) is 44.5 Å². The van der Waals surface area contributed by atoms with Crippen LogP contribution in [-0.2, 0) is 14.8 Å². The lowest BCUT2D eigenvalue weighted by Gasteiger charge is -2.34. The molecule has 1 aliphatic rings. The Morgan fingerprint density at radius 2 is 2.04 bits per heavy atom. The highest BCUT2D eigenvalue weighted by atomic mass is 32.2. The summed E-state index contributed by atoms with van der Waals surface area (Å²) in [6.07, 6.45) is 2.46. The van der Waals surface area contributed by atoms with Crippen molar-refractivity contribution in [1.29, 1.82) is 0 Å². The molecule has 0 bridgehead atoms. The van der Waals surface area contributed by atoms with Crippen molar-refractivity contribution in [3.8, 4) is 0 Å². The molecule has 1 aliphatic heterocycles. The zero-order valence-electron chi connectivity index (χ0n) is 16.8. The molecule has 1 aromatic heterocycles. The first-order valence-electron chi connectivity index (χ1n) is 9.65. The Labute approximate surface area is 171 Å². The van der Waals surface area contributed by atoms with Crippen LogP contribution in [0, 0.1) is 12.8 Å². The van der Waals surface area contributed by atoms with Gasteiger partial charge >= 0.3 is 0 Å². The maximum atomic E-state index is 12.3. The smallest absolute Gasteiger partial charge is 0.250 e. The van der Waals surface area contributed by atoms with Crippen LogP contribution in [0.3, 0.4) is 0 Å². The second-order valence-electron chi connectivity index (χ2n) is 6.81. The van der Waals surface area contributed by atoms with Gasteiger partial charge in [0.1, 0.15) is 4.21 Å².